The Bertz CT molecular complexity index is 715. The number of aromatic nitrogens is 1. The molecule has 0 aliphatic heterocycles. The number of aryl methyl sites for hydroxylation is 4. The fraction of sp³-hybridized carbons (Fsp3) is 0.476. The van der Waals surface area contributed by atoms with E-state index in [1.54, 1.807) is 6.92 Å². The highest BCUT2D eigenvalue weighted by Gasteiger charge is 2.14. The van der Waals surface area contributed by atoms with Gasteiger partial charge in [0.05, 0.1) is 18.3 Å². The molecule has 0 bridgehead atoms. The number of hydrogen-bond acceptors (Lipinski definition) is 4. The van der Waals surface area contributed by atoms with Crippen molar-refractivity contribution in [1.82, 2.24) is 4.98 Å². The second-order valence-electron chi connectivity index (χ2n) is 6.86. The van der Waals surface area contributed by atoms with Crippen molar-refractivity contribution in [3.8, 4) is 17.4 Å². The molecule has 25 heavy (non-hydrogen) atoms. The van der Waals surface area contributed by atoms with Gasteiger partial charge in [0, 0.05) is 11.8 Å². The predicted molar refractivity (Wildman–Crippen MR) is 101 cm³/mol. The highest BCUT2D eigenvalue weighted by molar-refractivity contribution is 5.48. The Labute approximate surface area is 150 Å². The lowest BCUT2D eigenvalue weighted by Gasteiger charge is -2.17. The maximum atomic E-state index is 9.34. The monoisotopic (exact) mass is 343 g/mol. The highest BCUT2D eigenvalue weighted by Crippen LogP contribution is 2.34. The first-order valence-corrected chi connectivity index (χ1v) is 8.82. The molecule has 0 saturated heterocycles. The number of benzene rings is 1. The molecule has 1 atom stereocenters. The van der Waals surface area contributed by atoms with Crippen LogP contribution in [0.3, 0.4) is 0 Å². The summed E-state index contributed by atoms with van der Waals surface area (Å²) in [6, 6.07) is 6.15. The number of aliphatic hydroxyl groups is 1. The Morgan fingerprint density at radius 2 is 1.68 bits per heavy atom. The van der Waals surface area contributed by atoms with E-state index in [0.717, 1.165) is 46.7 Å². The zero-order chi connectivity index (χ0) is 18.6. The van der Waals surface area contributed by atoms with Gasteiger partial charge in [-0.05, 0) is 65.5 Å². The van der Waals surface area contributed by atoms with Gasteiger partial charge < -0.3 is 14.6 Å². The van der Waals surface area contributed by atoms with Gasteiger partial charge in [0.1, 0.15) is 11.5 Å². The molecule has 2 rings (SSSR count). The van der Waals surface area contributed by atoms with Crippen LogP contribution < -0.4 is 9.47 Å². The van der Waals surface area contributed by atoms with Crippen LogP contribution in [0, 0.1) is 34.6 Å². The Balaban J connectivity index is 2.22. The van der Waals surface area contributed by atoms with Crippen LogP contribution in [0.4, 0.5) is 0 Å². The molecule has 0 saturated carbocycles. The summed E-state index contributed by atoms with van der Waals surface area (Å²) in [4.78, 5) is 4.55. The van der Waals surface area contributed by atoms with Crippen LogP contribution in [0.5, 0.6) is 17.4 Å². The molecular formula is C21H29NO3. The SMILES string of the molecule is Cc1cc(C)c(Oc2nc(C)cc(OCCCC(C)O)c2C)c(C)c1. The second-order valence-corrected chi connectivity index (χ2v) is 6.86. The molecule has 1 N–H and O–H groups in total. The lowest BCUT2D eigenvalue weighted by atomic mass is 10.1. The molecule has 0 fully saturated rings. The van der Waals surface area contributed by atoms with Crippen molar-refractivity contribution >= 4 is 0 Å². The first-order chi connectivity index (χ1) is 11.8. The lowest BCUT2D eigenvalue weighted by Crippen LogP contribution is -2.06. The van der Waals surface area contributed by atoms with Crippen molar-refractivity contribution in [1.29, 1.82) is 0 Å². The highest BCUT2D eigenvalue weighted by atomic mass is 16.5. The Morgan fingerprint density at radius 3 is 2.28 bits per heavy atom. The van der Waals surface area contributed by atoms with Crippen molar-refractivity contribution in [3.05, 3.63) is 46.1 Å². The van der Waals surface area contributed by atoms with Gasteiger partial charge in [-0.15, -0.1) is 0 Å². The van der Waals surface area contributed by atoms with Crippen LogP contribution in [0.15, 0.2) is 18.2 Å². The molecule has 2 aromatic rings. The summed E-state index contributed by atoms with van der Waals surface area (Å²) in [6.45, 7) is 12.4. The van der Waals surface area contributed by atoms with E-state index < -0.39 is 0 Å². The van der Waals surface area contributed by atoms with Crippen molar-refractivity contribution in [3.63, 3.8) is 0 Å². The standard InChI is InChI=1S/C21H29NO3/c1-13-10-14(2)20(15(3)11-13)25-21-18(6)19(12-16(4)22-21)24-9-7-8-17(5)23/h10-12,17,23H,7-9H2,1-6H3. The van der Waals surface area contributed by atoms with Crippen molar-refractivity contribution in [2.75, 3.05) is 6.61 Å². The molecule has 0 aliphatic rings. The molecule has 0 amide bonds. The maximum absolute atomic E-state index is 9.34. The largest absolute Gasteiger partial charge is 0.493 e. The molecule has 0 radical (unpaired) electrons. The fourth-order valence-corrected chi connectivity index (χ4v) is 2.91. The zero-order valence-electron chi connectivity index (χ0n) is 16.1. The number of rotatable bonds is 7. The van der Waals surface area contributed by atoms with Crippen molar-refractivity contribution < 1.29 is 14.6 Å². The molecule has 4 heteroatoms. The summed E-state index contributed by atoms with van der Waals surface area (Å²) in [5.41, 5.74) is 5.16. The van der Waals surface area contributed by atoms with E-state index in [-0.39, 0.29) is 6.10 Å². The van der Waals surface area contributed by atoms with Gasteiger partial charge in [0.2, 0.25) is 5.88 Å². The summed E-state index contributed by atoms with van der Waals surface area (Å²) in [5.74, 6) is 2.22. The summed E-state index contributed by atoms with van der Waals surface area (Å²) in [7, 11) is 0. The molecule has 1 unspecified atom stereocenters. The molecule has 1 aromatic carbocycles. The van der Waals surface area contributed by atoms with Gasteiger partial charge in [0.15, 0.2) is 0 Å². The number of pyridine rings is 1. The minimum Gasteiger partial charge on any atom is -0.493 e. The summed E-state index contributed by atoms with van der Waals surface area (Å²) < 4.78 is 12.1. The van der Waals surface area contributed by atoms with Crippen LogP contribution in [-0.4, -0.2) is 22.8 Å². The maximum Gasteiger partial charge on any atom is 0.226 e. The second kappa shape index (κ2) is 8.34. The Hall–Kier alpha value is -2.07. The van der Waals surface area contributed by atoms with E-state index >= 15 is 0 Å². The smallest absolute Gasteiger partial charge is 0.226 e. The first-order valence-electron chi connectivity index (χ1n) is 8.82. The van der Waals surface area contributed by atoms with Crippen molar-refractivity contribution in [2.24, 2.45) is 0 Å². The predicted octanol–water partition coefficient (Wildman–Crippen LogP) is 4.96. The van der Waals surface area contributed by atoms with Gasteiger partial charge in [0.25, 0.3) is 0 Å². The third-order valence-electron chi connectivity index (χ3n) is 4.14. The van der Waals surface area contributed by atoms with Gasteiger partial charge in [-0.3, -0.25) is 0 Å². The quantitative estimate of drug-likeness (QED) is 0.722. The van der Waals surface area contributed by atoms with Gasteiger partial charge in [-0.1, -0.05) is 17.7 Å². The van der Waals surface area contributed by atoms with E-state index in [1.165, 1.54) is 5.56 Å². The number of hydrogen-bond donors (Lipinski definition) is 1. The molecule has 0 spiro atoms. The lowest BCUT2D eigenvalue weighted by molar-refractivity contribution is 0.170. The first kappa shape index (κ1) is 19.3. The zero-order valence-corrected chi connectivity index (χ0v) is 16.1. The molecule has 1 aromatic heterocycles. The topological polar surface area (TPSA) is 51.6 Å². The third kappa shape index (κ3) is 5.20. The van der Waals surface area contributed by atoms with E-state index in [2.05, 4.69) is 24.0 Å². The van der Waals surface area contributed by atoms with Gasteiger partial charge in [-0.25, -0.2) is 4.98 Å². The normalized spacial score (nSPS) is 12.1. The minimum absolute atomic E-state index is 0.296. The number of aliphatic hydroxyl groups excluding tert-OH is 1. The van der Waals surface area contributed by atoms with Crippen LogP contribution in [0.2, 0.25) is 0 Å². The van der Waals surface area contributed by atoms with Gasteiger partial charge in [-0.2, -0.15) is 0 Å². The Kier molecular flexibility index (Phi) is 6.43. The molecule has 0 aliphatic carbocycles. The fourth-order valence-electron chi connectivity index (χ4n) is 2.91. The number of nitrogens with zero attached hydrogens (tertiary/aromatic N) is 1. The van der Waals surface area contributed by atoms with Gasteiger partial charge >= 0.3 is 0 Å². The average molecular weight is 343 g/mol. The van der Waals surface area contributed by atoms with Crippen LogP contribution in [0.25, 0.3) is 0 Å². The van der Waals surface area contributed by atoms with Crippen molar-refractivity contribution in [2.45, 2.75) is 60.5 Å². The summed E-state index contributed by atoms with van der Waals surface area (Å²) in [6.07, 6.45) is 1.24. The summed E-state index contributed by atoms with van der Waals surface area (Å²) in [5, 5.41) is 9.34. The van der Waals surface area contributed by atoms with E-state index in [0.29, 0.717) is 12.5 Å². The number of ether oxygens (including phenoxy) is 2. The molecular weight excluding hydrogens is 314 g/mol. The van der Waals surface area contributed by atoms with E-state index in [1.807, 2.05) is 33.8 Å². The average Bonchev–Trinajstić information content (AvgIpc) is 2.50. The molecule has 136 valence electrons. The molecule has 1 heterocycles. The summed E-state index contributed by atoms with van der Waals surface area (Å²) >= 11 is 0. The third-order valence-corrected chi connectivity index (χ3v) is 4.14. The Morgan fingerprint density at radius 1 is 1.04 bits per heavy atom. The van der Waals surface area contributed by atoms with Crippen LogP contribution >= 0.6 is 0 Å². The van der Waals surface area contributed by atoms with E-state index in [9.17, 15) is 5.11 Å². The van der Waals surface area contributed by atoms with E-state index in [4.69, 9.17) is 9.47 Å². The minimum atomic E-state index is -0.296. The molecule has 4 nitrogen and oxygen atoms in total. The van der Waals surface area contributed by atoms with Crippen LogP contribution in [0.1, 0.15) is 47.7 Å². The van der Waals surface area contributed by atoms with Crippen LogP contribution in [-0.2, 0) is 0 Å².